The SMILES string of the molecule is CC(C)OCc1nn(C2CCCC2)cc1I. The van der Waals surface area contributed by atoms with Crippen LogP contribution in [0.5, 0.6) is 0 Å². The maximum atomic E-state index is 5.60. The van der Waals surface area contributed by atoms with Crippen LogP contribution in [-0.2, 0) is 11.3 Å². The van der Waals surface area contributed by atoms with Crippen LogP contribution in [-0.4, -0.2) is 15.9 Å². The normalized spacial score (nSPS) is 17.5. The number of hydrogen-bond donors (Lipinski definition) is 0. The Kier molecular flexibility index (Phi) is 4.24. The van der Waals surface area contributed by atoms with E-state index in [0.29, 0.717) is 12.6 Å². The minimum absolute atomic E-state index is 0.271. The highest BCUT2D eigenvalue weighted by Gasteiger charge is 2.19. The third kappa shape index (κ3) is 2.97. The molecule has 1 fully saturated rings. The molecule has 0 saturated heterocycles. The summed E-state index contributed by atoms with van der Waals surface area (Å²) < 4.78 is 8.98. The van der Waals surface area contributed by atoms with Gasteiger partial charge in [-0.15, -0.1) is 0 Å². The predicted octanol–water partition coefficient (Wildman–Crippen LogP) is 3.53. The molecule has 1 aromatic rings. The molecular formula is C12H19IN2O. The standard InChI is InChI=1S/C12H19IN2O/c1-9(2)16-8-12-11(13)7-15(14-12)10-5-3-4-6-10/h7,9-10H,3-6,8H2,1-2H3. The number of ether oxygens (including phenoxy) is 1. The second kappa shape index (κ2) is 5.49. The van der Waals surface area contributed by atoms with E-state index in [2.05, 4.69) is 52.4 Å². The largest absolute Gasteiger partial charge is 0.372 e. The Labute approximate surface area is 111 Å². The summed E-state index contributed by atoms with van der Waals surface area (Å²) >= 11 is 2.35. The zero-order valence-electron chi connectivity index (χ0n) is 9.95. The van der Waals surface area contributed by atoms with E-state index < -0.39 is 0 Å². The van der Waals surface area contributed by atoms with E-state index in [0.717, 1.165) is 5.69 Å². The van der Waals surface area contributed by atoms with Crippen molar-refractivity contribution in [3.8, 4) is 0 Å². The second-order valence-electron chi connectivity index (χ2n) is 4.70. The van der Waals surface area contributed by atoms with Gasteiger partial charge in [-0.1, -0.05) is 12.8 Å². The van der Waals surface area contributed by atoms with Gasteiger partial charge in [0.15, 0.2) is 0 Å². The third-order valence-corrected chi connectivity index (χ3v) is 3.91. The zero-order valence-corrected chi connectivity index (χ0v) is 12.1. The van der Waals surface area contributed by atoms with Gasteiger partial charge in [0, 0.05) is 6.20 Å². The van der Waals surface area contributed by atoms with E-state index in [9.17, 15) is 0 Å². The molecule has 1 heterocycles. The lowest BCUT2D eigenvalue weighted by atomic mass is 10.3. The molecular weight excluding hydrogens is 315 g/mol. The minimum Gasteiger partial charge on any atom is -0.372 e. The van der Waals surface area contributed by atoms with Gasteiger partial charge in [-0.2, -0.15) is 5.10 Å². The van der Waals surface area contributed by atoms with Crippen LogP contribution in [0.1, 0.15) is 51.3 Å². The van der Waals surface area contributed by atoms with Gasteiger partial charge < -0.3 is 4.74 Å². The Morgan fingerprint density at radius 2 is 2.19 bits per heavy atom. The van der Waals surface area contributed by atoms with Crippen molar-refractivity contribution in [3.05, 3.63) is 15.5 Å². The number of halogens is 1. The van der Waals surface area contributed by atoms with Crippen LogP contribution in [0, 0.1) is 3.57 Å². The van der Waals surface area contributed by atoms with Crippen LogP contribution in [0.4, 0.5) is 0 Å². The highest BCUT2D eigenvalue weighted by atomic mass is 127. The van der Waals surface area contributed by atoms with Crippen molar-refractivity contribution >= 4 is 22.6 Å². The molecule has 90 valence electrons. The fourth-order valence-corrected chi connectivity index (χ4v) is 2.65. The Balaban J connectivity index is 2.02. The van der Waals surface area contributed by atoms with Crippen molar-refractivity contribution in [3.63, 3.8) is 0 Å². The van der Waals surface area contributed by atoms with Crippen molar-refractivity contribution in [2.24, 2.45) is 0 Å². The second-order valence-corrected chi connectivity index (χ2v) is 5.86. The van der Waals surface area contributed by atoms with E-state index >= 15 is 0 Å². The minimum atomic E-state index is 0.271. The van der Waals surface area contributed by atoms with Gasteiger partial charge in [-0.05, 0) is 49.3 Å². The van der Waals surface area contributed by atoms with Crippen LogP contribution < -0.4 is 0 Å². The summed E-state index contributed by atoms with van der Waals surface area (Å²) in [7, 11) is 0. The van der Waals surface area contributed by atoms with Gasteiger partial charge in [0.1, 0.15) is 5.69 Å². The smallest absolute Gasteiger partial charge is 0.101 e. The summed E-state index contributed by atoms with van der Waals surface area (Å²) in [5.41, 5.74) is 1.08. The molecule has 4 heteroatoms. The zero-order chi connectivity index (χ0) is 11.5. The first-order valence-corrected chi connectivity index (χ1v) is 7.10. The number of aromatic nitrogens is 2. The van der Waals surface area contributed by atoms with E-state index in [1.807, 2.05) is 0 Å². The summed E-state index contributed by atoms with van der Waals surface area (Å²) in [6, 6.07) is 0.626. The molecule has 2 rings (SSSR count). The Morgan fingerprint density at radius 1 is 1.50 bits per heavy atom. The Bertz CT molecular complexity index is 343. The van der Waals surface area contributed by atoms with Gasteiger partial charge >= 0.3 is 0 Å². The Morgan fingerprint density at radius 3 is 2.81 bits per heavy atom. The van der Waals surface area contributed by atoms with E-state index in [1.165, 1.54) is 29.3 Å². The topological polar surface area (TPSA) is 27.1 Å². The van der Waals surface area contributed by atoms with E-state index in [4.69, 9.17) is 4.74 Å². The molecule has 0 spiro atoms. The first-order chi connectivity index (χ1) is 7.66. The van der Waals surface area contributed by atoms with E-state index in [-0.39, 0.29) is 6.10 Å². The van der Waals surface area contributed by atoms with Gasteiger partial charge in [0.25, 0.3) is 0 Å². The van der Waals surface area contributed by atoms with Crippen molar-refractivity contribution in [1.82, 2.24) is 9.78 Å². The van der Waals surface area contributed by atoms with Gasteiger partial charge in [-0.25, -0.2) is 0 Å². The molecule has 16 heavy (non-hydrogen) atoms. The molecule has 0 aromatic carbocycles. The van der Waals surface area contributed by atoms with Crippen LogP contribution in [0.25, 0.3) is 0 Å². The monoisotopic (exact) mass is 334 g/mol. The van der Waals surface area contributed by atoms with Gasteiger partial charge in [0.05, 0.1) is 22.3 Å². The quantitative estimate of drug-likeness (QED) is 0.788. The summed E-state index contributed by atoms with van der Waals surface area (Å²) in [5, 5.41) is 4.65. The molecule has 0 radical (unpaired) electrons. The first kappa shape index (κ1) is 12.4. The predicted molar refractivity (Wildman–Crippen MR) is 72.4 cm³/mol. The molecule has 0 atom stereocenters. The van der Waals surface area contributed by atoms with Gasteiger partial charge in [0.2, 0.25) is 0 Å². The maximum Gasteiger partial charge on any atom is 0.101 e. The molecule has 0 amide bonds. The van der Waals surface area contributed by atoms with Crippen molar-refractivity contribution < 1.29 is 4.74 Å². The molecule has 1 saturated carbocycles. The summed E-state index contributed by atoms with van der Waals surface area (Å²) in [5.74, 6) is 0. The van der Waals surface area contributed by atoms with Crippen LogP contribution >= 0.6 is 22.6 Å². The van der Waals surface area contributed by atoms with E-state index in [1.54, 1.807) is 0 Å². The van der Waals surface area contributed by atoms with Crippen molar-refractivity contribution in [1.29, 1.82) is 0 Å². The summed E-state index contributed by atoms with van der Waals surface area (Å²) in [4.78, 5) is 0. The van der Waals surface area contributed by atoms with Crippen molar-refractivity contribution in [2.75, 3.05) is 0 Å². The molecule has 3 nitrogen and oxygen atoms in total. The molecule has 0 unspecified atom stereocenters. The lowest BCUT2D eigenvalue weighted by Crippen LogP contribution is -2.07. The Hall–Kier alpha value is -0.100. The lowest BCUT2D eigenvalue weighted by molar-refractivity contribution is 0.0627. The average Bonchev–Trinajstić information content (AvgIpc) is 2.83. The van der Waals surface area contributed by atoms with Gasteiger partial charge in [-0.3, -0.25) is 4.68 Å². The number of rotatable bonds is 4. The average molecular weight is 334 g/mol. The fourth-order valence-electron chi connectivity index (χ4n) is 2.11. The number of nitrogens with zero attached hydrogens (tertiary/aromatic N) is 2. The number of hydrogen-bond acceptors (Lipinski definition) is 2. The highest BCUT2D eigenvalue weighted by Crippen LogP contribution is 2.29. The van der Waals surface area contributed by atoms with Crippen LogP contribution in [0.15, 0.2) is 6.20 Å². The first-order valence-electron chi connectivity index (χ1n) is 6.02. The summed E-state index contributed by atoms with van der Waals surface area (Å²) in [6.45, 7) is 4.75. The maximum absolute atomic E-state index is 5.60. The third-order valence-electron chi connectivity index (χ3n) is 3.01. The summed E-state index contributed by atoms with van der Waals surface area (Å²) in [6.07, 6.45) is 7.69. The molecule has 1 aliphatic carbocycles. The van der Waals surface area contributed by atoms with Crippen LogP contribution in [0.2, 0.25) is 0 Å². The molecule has 0 bridgehead atoms. The molecule has 1 aromatic heterocycles. The van der Waals surface area contributed by atoms with Crippen LogP contribution in [0.3, 0.4) is 0 Å². The lowest BCUT2D eigenvalue weighted by Gasteiger charge is -2.09. The molecule has 0 N–H and O–H groups in total. The fraction of sp³-hybridized carbons (Fsp3) is 0.750. The van der Waals surface area contributed by atoms with Crippen molar-refractivity contribution in [2.45, 2.75) is 58.3 Å². The highest BCUT2D eigenvalue weighted by molar-refractivity contribution is 14.1. The molecule has 0 aliphatic heterocycles. The molecule has 1 aliphatic rings.